The van der Waals surface area contributed by atoms with Crippen LogP contribution in [-0.4, -0.2) is 26.4 Å². The van der Waals surface area contributed by atoms with Crippen molar-refractivity contribution in [3.63, 3.8) is 0 Å². The summed E-state index contributed by atoms with van der Waals surface area (Å²) in [7, 11) is 0. The van der Waals surface area contributed by atoms with Crippen molar-refractivity contribution in [3.05, 3.63) is 42.0 Å². The fourth-order valence-electron chi connectivity index (χ4n) is 2.56. The topological polar surface area (TPSA) is 49.0 Å². The van der Waals surface area contributed by atoms with Crippen LogP contribution >= 0.6 is 0 Å². The third-order valence-electron chi connectivity index (χ3n) is 3.65. The minimum atomic E-state index is 0.596. The Balaban J connectivity index is 1.46. The molecule has 0 amide bonds. The molecular weight excluding hydrogens is 282 g/mol. The third-order valence-corrected chi connectivity index (χ3v) is 3.65. The molecule has 2 aliphatic rings. The smallest absolute Gasteiger partial charge is 0.163 e. The van der Waals surface area contributed by atoms with Gasteiger partial charge >= 0.3 is 0 Å². The summed E-state index contributed by atoms with van der Waals surface area (Å²) in [6, 6.07) is 11.9. The van der Waals surface area contributed by atoms with Crippen LogP contribution in [0.2, 0.25) is 0 Å². The Morgan fingerprint density at radius 3 is 2.00 bits per heavy atom. The number of rotatable bonds is 3. The van der Waals surface area contributed by atoms with Crippen molar-refractivity contribution in [2.24, 2.45) is 0 Å². The van der Waals surface area contributed by atoms with Gasteiger partial charge in [-0.3, -0.25) is 0 Å². The summed E-state index contributed by atoms with van der Waals surface area (Å²) in [4.78, 5) is 0. The molecule has 5 nitrogen and oxygen atoms in total. The van der Waals surface area contributed by atoms with E-state index in [9.17, 15) is 0 Å². The van der Waals surface area contributed by atoms with E-state index in [4.69, 9.17) is 18.9 Å². The Labute approximate surface area is 128 Å². The highest BCUT2D eigenvalue weighted by molar-refractivity contribution is 5.55. The summed E-state index contributed by atoms with van der Waals surface area (Å²) in [6.07, 6.45) is 0. The molecule has 2 aliphatic heterocycles. The summed E-state index contributed by atoms with van der Waals surface area (Å²) in [5, 5.41) is 3.39. The normalized spacial score (nSPS) is 15.3. The molecule has 1 N–H and O–H groups in total. The lowest BCUT2D eigenvalue weighted by atomic mass is 10.2. The van der Waals surface area contributed by atoms with Crippen LogP contribution in [0, 0.1) is 0 Å². The first-order valence-corrected chi connectivity index (χ1v) is 7.40. The van der Waals surface area contributed by atoms with Crippen LogP contribution in [0.15, 0.2) is 36.4 Å². The van der Waals surface area contributed by atoms with E-state index < -0.39 is 0 Å². The average Bonchev–Trinajstić information content (AvgIpc) is 2.59. The van der Waals surface area contributed by atoms with Gasteiger partial charge in [-0.2, -0.15) is 0 Å². The number of hydrogen-bond donors (Lipinski definition) is 1. The van der Waals surface area contributed by atoms with Crippen LogP contribution in [0.25, 0.3) is 0 Å². The number of anilines is 1. The molecule has 2 aromatic carbocycles. The number of hydrogen-bond acceptors (Lipinski definition) is 5. The molecule has 0 atom stereocenters. The first-order valence-electron chi connectivity index (χ1n) is 7.40. The Kier molecular flexibility index (Phi) is 3.39. The Morgan fingerprint density at radius 2 is 1.27 bits per heavy atom. The van der Waals surface area contributed by atoms with Crippen molar-refractivity contribution >= 4 is 5.69 Å². The lowest BCUT2D eigenvalue weighted by Crippen LogP contribution is -2.16. The van der Waals surface area contributed by atoms with Gasteiger partial charge in [0.15, 0.2) is 23.0 Å². The summed E-state index contributed by atoms with van der Waals surface area (Å²) in [6.45, 7) is 3.12. The number of fused-ring (bicyclic) bond motifs is 2. The number of benzene rings is 2. The zero-order chi connectivity index (χ0) is 14.8. The average molecular weight is 299 g/mol. The molecule has 22 heavy (non-hydrogen) atoms. The van der Waals surface area contributed by atoms with E-state index in [0.29, 0.717) is 33.0 Å². The van der Waals surface area contributed by atoms with Crippen molar-refractivity contribution in [2.45, 2.75) is 6.54 Å². The van der Waals surface area contributed by atoms with Gasteiger partial charge in [-0.15, -0.1) is 0 Å². The second kappa shape index (κ2) is 5.67. The molecule has 5 heteroatoms. The first kappa shape index (κ1) is 13.1. The molecule has 0 saturated carbocycles. The maximum Gasteiger partial charge on any atom is 0.163 e. The zero-order valence-electron chi connectivity index (χ0n) is 12.1. The van der Waals surface area contributed by atoms with Gasteiger partial charge in [-0.05, 0) is 29.8 Å². The number of ether oxygens (including phenoxy) is 4. The Morgan fingerprint density at radius 1 is 0.682 bits per heavy atom. The zero-order valence-corrected chi connectivity index (χ0v) is 12.1. The van der Waals surface area contributed by atoms with Crippen molar-refractivity contribution in [1.29, 1.82) is 0 Å². The van der Waals surface area contributed by atoms with E-state index in [1.807, 2.05) is 36.4 Å². The minimum absolute atomic E-state index is 0.596. The van der Waals surface area contributed by atoms with Crippen molar-refractivity contribution < 1.29 is 18.9 Å². The summed E-state index contributed by atoms with van der Waals surface area (Å²) < 4.78 is 22.2. The van der Waals surface area contributed by atoms with Gasteiger partial charge in [-0.25, -0.2) is 0 Å². The monoisotopic (exact) mass is 299 g/mol. The highest BCUT2D eigenvalue weighted by Gasteiger charge is 2.13. The fourth-order valence-corrected chi connectivity index (χ4v) is 2.56. The standard InChI is InChI=1S/C17H17NO4/c1-3-14-16(21-7-5-19-14)9-12(1)11-18-13-2-4-15-17(10-13)22-8-6-20-15/h1-4,9-10,18H,5-8,11H2. The molecule has 2 aromatic rings. The lowest BCUT2D eigenvalue weighted by molar-refractivity contribution is 0.171. The number of nitrogens with one attached hydrogen (secondary N) is 1. The largest absolute Gasteiger partial charge is 0.486 e. The third kappa shape index (κ3) is 2.62. The Hall–Kier alpha value is -2.56. The second-order valence-electron chi connectivity index (χ2n) is 5.19. The SMILES string of the molecule is c1cc2c(cc1CNc1ccc3c(c1)OCCO3)OCCO2. The quantitative estimate of drug-likeness (QED) is 0.944. The molecule has 0 saturated heterocycles. The molecule has 0 fully saturated rings. The molecule has 0 bridgehead atoms. The molecule has 4 rings (SSSR count). The van der Waals surface area contributed by atoms with Crippen molar-refractivity contribution in [3.8, 4) is 23.0 Å². The highest BCUT2D eigenvalue weighted by atomic mass is 16.6. The summed E-state index contributed by atoms with van der Waals surface area (Å²) in [5.41, 5.74) is 2.14. The minimum Gasteiger partial charge on any atom is -0.486 e. The second-order valence-corrected chi connectivity index (χ2v) is 5.19. The Bertz CT molecular complexity index is 627. The molecule has 0 aromatic heterocycles. The van der Waals surface area contributed by atoms with Crippen LogP contribution in [0.1, 0.15) is 5.56 Å². The van der Waals surface area contributed by atoms with Gasteiger partial charge in [0.25, 0.3) is 0 Å². The van der Waals surface area contributed by atoms with Gasteiger partial charge in [0.05, 0.1) is 0 Å². The molecule has 2 heterocycles. The highest BCUT2D eigenvalue weighted by Crippen LogP contribution is 2.33. The van der Waals surface area contributed by atoms with E-state index in [1.165, 1.54) is 0 Å². The van der Waals surface area contributed by atoms with E-state index >= 15 is 0 Å². The van der Waals surface area contributed by atoms with Gasteiger partial charge in [0, 0.05) is 18.3 Å². The van der Waals surface area contributed by atoms with Gasteiger partial charge in [0.2, 0.25) is 0 Å². The van der Waals surface area contributed by atoms with Gasteiger partial charge in [-0.1, -0.05) is 6.07 Å². The summed E-state index contributed by atoms with van der Waals surface area (Å²) in [5.74, 6) is 3.22. The van der Waals surface area contributed by atoms with Crippen LogP contribution in [-0.2, 0) is 6.54 Å². The maximum atomic E-state index is 5.60. The molecule has 0 unspecified atom stereocenters. The van der Waals surface area contributed by atoms with Crippen LogP contribution in [0.5, 0.6) is 23.0 Å². The van der Waals surface area contributed by atoms with Crippen molar-refractivity contribution in [1.82, 2.24) is 0 Å². The molecule has 0 radical (unpaired) electrons. The van der Waals surface area contributed by atoms with Gasteiger partial charge < -0.3 is 24.3 Å². The lowest BCUT2D eigenvalue weighted by Gasteiger charge is -2.20. The molecule has 114 valence electrons. The maximum absolute atomic E-state index is 5.60. The predicted octanol–water partition coefficient (Wildman–Crippen LogP) is 2.84. The molecule has 0 aliphatic carbocycles. The first-order chi connectivity index (χ1) is 10.9. The molecule has 0 spiro atoms. The van der Waals surface area contributed by atoms with Crippen LogP contribution in [0.3, 0.4) is 0 Å². The fraction of sp³-hybridized carbons (Fsp3) is 0.294. The van der Waals surface area contributed by atoms with Crippen molar-refractivity contribution in [2.75, 3.05) is 31.7 Å². The van der Waals surface area contributed by atoms with E-state index in [1.54, 1.807) is 0 Å². The van der Waals surface area contributed by atoms with Gasteiger partial charge in [0.1, 0.15) is 26.4 Å². The van der Waals surface area contributed by atoms with E-state index in [2.05, 4.69) is 5.32 Å². The van der Waals surface area contributed by atoms with E-state index in [-0.39, 0.29) is 0 Å². The van der Waals surface area contributed by atoms with Crippen LogP contribution < -0.4 is 24.3 Å². The summed E-state index contributed by atoms with van der Waals surface area (Å²) >= 11 is 0. The predicted molar refractivity (Wildman–Crippen MR) is 82.2 cm³/mol. The van der Waals surface area contributed by atoms with E-state index in [0.717, 1.165) is 34.2 Å². The molecular formula is C17H17NO4. The van der Waals surface area contributed by atoms with Crippen LogP contribution in [0.4, 0.5) is 5.69 Å².